The molecule has 0 radical (unpaired) electrons. The van der Waals surface area contributed by atoms with Crippen molar-refractivity contribution in [3.8, 4) is 0 Å². The van der Waals surface area contributed by atoms with Gasteiger partial charge in [0.05, 0.1) is 24.1 Å². The van der Waals surface area contributed by atoms with Crippen molar-refractivity contribution in [2.75, 3.05) is 26.2 Å². The van der Waals surface area contributed by atoms with Gasteiger partial charge in [-0.05, 0) is 46.6 Å². The molecule has 1 amide bonds. The Morgan fingerprint density at radius 1 is 1.28 bits per heavy atom. The lowest BCUT2D eigenvalue weighted by Gasteiger charge is -2.48. The molecule has 3 heterocycles. The van der Waals surface area contributed by atoms with Crippen LogP contribution in [-0.4, -0.2) is 51.9 Å². The van der Waals surface area contributed by atoms with E-state index in [0.29, 0.717) is 13.0 Å². The van der Waals surface area contributed by atoms with Gasteiger partial charge in [0.2, 0.25) is 5.91 Å². The molecule has 136 valence electrons. The van der Waals surface area contributed by atoms with E-state index in [-0.39, 0.29) is 11.3 Å². The number of aromatic nitrogens is 2. The fourth-order valence-electron chi connectivity index (χ4n) is 4.17. The summed E-state index contributed by atoms with van der Waals surface area (Å²) in [4.78, 5) is 25.8. The highest BCUT2D eigenvalue weighted by atomic mass is 16.2. The zero-order chi connectivity index (χ0) is 17.9. The van der Waals surface area contributed by atoms with E-state index in [1.165, 1.54) is 25.0 Å². The molecular formula is C20H30N4O. The highest BCUT2D eigenvalue weighted by Crippen LogP contribution is 2.39. The number of hydrogen-bond donors (Lipinski definition) is 0. The van der Waals surface area contributed by atoms with Crippen LogP contribution in [0.4, 0.5) is 0 Å². The van der Waals surface area contributed by atoms with Crippen molar-refractivity contribution in [1.29, 1.82) is 0 Å². The first kappa shape index (κ1) is 18.1. The summed E-state index contributed by atoms with van der Waals surface area (Å²) < 4.78 is 0. The number of piperidine rings is 2. The molecule has 5 nitrogen and oxygen atoms in total. The van der Waals surface area contributed by atoms with Crippen LogP contribution in [0.15, 0.2) is 24.0 Å². The normalized spacial score (nSPS) is 25.6. The molecule has 25 heavy (non-hydrogen) atoms. The van der Waals surface area contributed by atoms with Crippen molar-refractivity contribution < 1.29 is 4.79 Å². The third-order valence-electron chi connectivity index (χ3n) is 5.64. The topological polar surface area (TPSA) is 49.3 Å². The Morgan fingerprint density at radius 3 is 2.84 bits per heavy atom. The molecule has 3 rings (SSSR count). The van der Waals surface area contributed by atoms with Gasteiger partial charge in [-0.2, -0.15) is 0 Å². The lowest BCUT2D eigenvalue weighted by molar-refractivity contribution is -0.140. The maximum atomic E-state index is 12.5. The monoisotopic (exact) mass is 342 g/mol. The van der Waals surface area contributed by atoms with E-state index in [1.807, 2.05) is 11.8 Å². The van der Waals surface area contributed by atoms with Crippen molar-refractivity contribution in [3.05, 3.63) is 35.4 Å². The standard InChI is InChI=1S/C20H30N4O/c1-4-16(2)12-23-9-5-7-20(14-23)8-6-19(25)24(15-20)13-18-11-21-17(3)10-22-18/h4,10-11H,5-9,12-15H2,1-3H3/b16-4+/t20-/m1/s1. The summed E-state index contributed by atoms with van der Waals surface area (Å²) in [5.41, 5.74) is 3.47. The van der Waals surface area contributed by atoms with Gasteiger partial charge in [-0.25, -0.2) is 0 Å². The molecule has 1 aromatic heterocycles. The van der Waals surface area contributed by atoms with E-state index >= 15 is 0 Å². The fourth-order valence-corrected chi connectivity index (χ4v) is 4.17. The largest absolute Gasteiger partial charge is 0.336 e. The van der Waals surface area contributed by atoms with E-state index in [0.717, 1.165) is 37.4 Å². The zero-order valence-corrected chi connectivity index (χ0v) is 15.8. The van der Waals surface area contributed by atoms with Crippen molar-refractivity contribution in [3.63, 3.8) is 0 Å². The molecule has 1 aromatic rings. The molecule has 2 fully saturated rings. The summed E-state index contributed by atoms with van der Waals surface area (Å²) in [5.74, 6) is 0.259. The predicted molar refractivity (Wildman–Crippen MR) is 99.0 cm³/mol. The van der Waals surface area contributed by atoms with Crippen molar-refractivity contribution in [2.45, 2.75) is 53.0 Å². The Bertz CT molecular complexity index is 640. The molecular weight excluding hydrogens is 312 g/mol. The Morgan fingerprint density at radius 2 is 2.12 bits per heavy atom. The molecule has 0 aliphatic carbocycles. The van der Waals surface area contributed by atoms with Gasteiger partial charge in [0.25, 0.3) is 0 Å². The van der Waals surface area contributed by atoms with Crippen molar-refractivity contribution in [1.82, 2.24) is 19.8 Å². The zero-order valence-electron chi connectivity index (χ0n) is 15.8. The Hall–Kier alpha value is -1.75. The highest BCUT2D eigenvalue weighted by Gasteiger charge is 2.41. The minimum absolute atomic E-state index is 0.248. The van der Waals surface area contributed by atoms with E-state index in [4.69, 9.17) is 0 Å². The summed E-state index contributed by atoms with van der Waals surface area (Å²) in [5, 5.41) is 0. The van der Waals surface area contributed by atoms with Gasteiger partial charge in [0.15, 0.2) is 0 Å². The van der Waals surface area contributed by atoms with Gasteiger partial charge in [-0.1, -0.05) is 11.6 Å². The number of amides is 1. The van der Waals surface area contributed by atoms with Gasteiger partial charge < -0.3 is 4.90 Å². The van der Waals surface area contributed by atoms with Crippen LogP contribution >= 0.6 is 0 Å². The molecule has 0 N–H and O–H groups in total. The second kappa shape index (κ2) is 7.65. The number of carbonyl (C=O) groups is 1. The molecule has 0 saturated carbocycles. The average Bonchev–Trinajstić information content (AvgIpc) is 2.60. The maximum absolute atomic E-state index is 12.5. The first-order valence-corrected chi connectivity index (χ1v) is 9.39. The molecule has 5 heteroatoms. The Labute approximate surface area is 151 Å². The van der Waals surface area contributed by atoms with Crippen LogP contribution in [0.3, 0.4) is 0 Å². The molecule has 2 aliphatic heterocycles. The van der Waals surface area contributed by atoms with Crippen molar-refractivity contribution >= 4 is 5.91 Å². The number of likely N-dealkylation sites (tertiary alicyclic amines) is 2. The molecule has 2 aliphatic rings. The van der Waals surface area contributed by atoms with Crippen LogP contribution in [0.25, 0.3) is 0 Å². The smallest absolute Gasteiger partial charge is 0.222 e. The van der Waals surface area contributed by atoms with Gasteiger partial charge in [0.1, 0.15) is 0 Å². The summed E-state index contributed by atoms with van der Waals surface area (Å²) >= 11 is 0. The molecule has 0 unspecified atom stereocenters. The van der Waals surface area contributed by atoms with Crippen LogP contribution in [0.1, 0.15) is 50.9 Å². The van der Waals surface area contributed by atoms with E-state index in [9.17, 15) is 4.79 Å². The molecule has 1 spiro atoms. The third kappa shape index (κ3) is 4.46. The Kier molecular flexibility index (Phi) is 5.52. The van der Waals surface area contributed by atoms with Crippen LogP contribution in [0, 0.1) is 12.3 Å². The Balaban J connectivity index is 1.68. The second-order valence-electron chi connectivity index (χ2n) is 7.85. The summed E-state index contributed by atoms with van der Waals surface area (Å²) in [7, 11) is 0. The van der Waals surface area contributed by atoms with Crippen LogP contribution in [0.5, 0.6) is 0 Å². The predicted octanol–water partition coefficient (Wildman–Crippen LogP) is 2.96. The second-order valence-corrected chi connectivity index (χ2v) is 7.85. The SMILES string of the molecule is C/C=C(\C)CN1CCC[C@@]2(CCC(=O)N(Cc3cnc(C)cn3)C2)C1. The van der Waals surface area contributed by atoms with E-state index in [1.54, 1.807) is 12.4 Å². The highest BCUT2D eigenvalue weighted by molar-refractivity contribution is 5.77. The molecule has 0 bridgehead atoms. The number of carbonyl (C=O) groups excluding carboxylic acids is 1. The fraction of sp³-hybridized carbons (Fsp3) is 0.650. The van der Waals surface area contributed by atoms with Crippen LogP contribution < -0.4 is 0 Å². The minimum atomic E-state index is 0.248. The number of hydrogen-bond acceptors (Lipinski definition) is 4. The van der Waals surface area contributed by atoms with Gasteiger partial charge in [-0.15, -0.1) is 0 Å². The summed E-state index contributed by atoms with van der Waals surface area (Å²) in [6.45, 7) is 11.0. The first-order chi connectivity index (χ1) is 12.0. The summed E-state index contributed by atoms with van der Waals surface area (Å²) in [6.07, 6.45) is 9.91. The van der Waals surface area contributed by atoms with Crippen LogP contribution in [0.2, 0.25) is 0 Å². The number of aryl methyl sites for hydroxylation is 1. The number of rotatable bonds is 4. The molecule has 2 saturated heterocycles. The van der Waals surface area contributed by atoms with Gasteiger partial charge in [0, 0.05) is 37.7 Å². The number of nitrogens with zero attached hydrogens (tertiary/aromatic N) is 4. The lowest BCUT2D eigenvalue weighted by atomic mass is 9.73. The quantitative estimate of drug-likeness (QED) is 0.790. The van der Waals surface area contributed by atoms with E-state index in [2.05, 4.69) is 34.8 Å². The first-order valence-electron chi connectivity index (χ1n) is 9.39. The summed E-state index contributed by atoms with van der Waals surface area (Å²) in [6, 6.07) is 0. The van der Waals surface area contributed by atoms with Crippen molar-refractivity contribution in [2.24, 2.45) is 5.41 Å². The molecule has 0 aromatic carbocycles. The van der Waals surface area contributed by atoms with E-state index < -0.39 is 0 Å². The number of allylic oxidation sites excluding steroid dienone is 1. The molecule has 1 atom stereocenters. The minimum Gasteiger partial charge on any atom is -0.336 e. The van der Waals surface area contributed by atoms with Crippen LogP contribution in [-0.2, 0) is 11.3 Å². The lowest BCUT2D eigenvalue weighted by Crippen LogP contribution is -2.54. The van der Waals surface area contributed by atoms with Gasteiger partial charge in [-0.3, -0.25) is 19.7 Å². The average molecular weight is 342 g/mol. The van der Waals surface area contributed by atoms with Gasteiger partial charge >= 0.3 is 0 Å². The maximum Gasteiger partial charge on any atom is 0.222 e. The third-order valence-corrected chi connectivity index (χ3v) is 5.64.